The molecule has 10 rings (SSSR count). The van der Waals surface area contributed by atoms with E-state index in [1.54, 1.807) is 0 Å². The van der Waals surface area contributed by atoms with Gasteiger partial charge in [0.05, 0.1) is 0 Å². The van der Waals surface area contributed by atoms with E-state index >= 15 is 0 Å². The topological polar surface area (TPSA) is 3.24 Å². The summed E-state index contributed by atoms with van der Waals surface area (Å²) >= 11 is 3.75. The Labute approximate surface area is 292 Å². The van der Waals surface area contributed by atoms with Gasteiger partial charge < -0.3 is 4.90 Å². The van der Waals surface area contributed by atoms with Crippen molar-refractivity contribution in [2.24, 2.45) is 0 Å². The number of hydrogen-bond acceptors (Lipinski definition) is 3. The van der Waals surface area contributed by atoms with Crippen LogP contribution in [0.25, 0.3) is 73.4 Å². The highest BCUT2D eigenvalue weighted by molar-refractivity contribution is 7.26. The minimum Gasteiger partial charge on any atom is -0.310 e. The molecule has 0 spiro atoms. The van der Waals surface area contributed by atoms with Gasteiger partial charge in [-0.25, -0.2) is 0 Å². The fourth-order valence-corrected chi connectivity index (χ4v) is 9.68. The van der Waals surface area contributed by atoms with Crippen LogP contribution >= 0.6 is 22.7 Å². The maximum absolute atomic E-state index is 2.41. The van der Waals surface area contributed by atoms with Gasteiger partial charge in [0.1, 0.15) is 0 Å². The van der Waals surface area contributed by atoms with Gasteiger partial charge in [0.15, 0.2) is 0 Å². The lowest BCUT2D eigenvalue weighted by Gasteiger charge is -2.26. The van der Waals surface area contributed by atoms with E-state index < -0.39 is 0 Å². The normalized spacial score (nSPS) is 11.7. The standard InChI is InChI=1S/C46H29NS2/c1-2-10-30(11-3-1)31-20-23-34(24-21-31)47(36-25-27-43-41(29-36)45-37-15-5-4-12-32(37)22-26-44(45)48-43)35-14-8-13-33(28-35)38-17-9-18-40-39-16-6-7-19-42(39)49-46(38)40/h1-29H. The van der Waals surface area contributed by atoms with E-state index in [0.717, 1.165) is 17.1 Å². The lowest BCUT2D eigenvalue weighted by atomic mass is 10.0. The third kappa shape index (κ3) is 4.74. The Morgan fingerprint density at radius 3 is 1.90 bits per heavy atom. The van der Waals surface area contributed by atoms with E-state index in [0.29, 0.717) is 0 Å². The van der Waals surface area contributed by atoms with Crippen molar-refractivity contribution in [2.75, 3.05) is 4.90 Å². The monoisotopic (exact) mass is 659 g/mol. The molecule has 0 unspecified atom stereocenters. The molecule has 0 aliphatic rings. The molecular weight excluding hydrogens is 631 g/mol. The molecule has 0 atom stereocenters. The van der Waals surface area contributed by atoms with E-state index in [-0.39, 0.29) is 0 Å². The van der Waals surface area contributed by atoms with E-state index in [2.05, 4.69) is 181 Å². The Hall–Kier alpha value is -5.74. The maximum atomic E-state index is 2.41. The molecule has 0 aliphatic heterocycles. The molecule has 0 fully saturated rings. The van der Waals surface area contributed by atoms with Crippen molar-refractivity contribution in [1.29, 1.82) is 0 Å². The van der Waals surface area contributed by atoms with Crippen molar-refractivity contribution < 1.29 is 0 Å². The molecule has 0 bridgehead atoms. The highest BCUT2D eigenvalue weighted by Gasteiger charge is 2.18. The van der Waals surface area contributed by atoms with Crippen molar-refractivity contribution in [3.63, 3.8) is 0 Å². The molecule has 230 valence electrons. The van der Waals surface area contributed by atoms with Crippen LogP contribution in [0.1, 0.15) is 0 Å². The van der Waals surface area contributed by atoms with Gasteiger partial charge in [0, 0.05) is 57.4 Å². The van der Waals surface area contributed by atoms with Gasteiger partial charge >= 0.3 is 0 Å². The Bertz CT molecular complexity index is 2830. The number of nitrogens with zero attached hydrogens (tertiary/aromatic N) is 1. The number of benzene rings is 8. The lowest BCUT2D eigenvalue weighted by Crippen LogP contribution is -2.10. The fraction of sp³-hybridized carbons (Fsp3) is 0. The SMILES string of the molecule is c1ccc(-c2ccc(N(c3cccc(-c4cccc5c4sc4ccccc45)c3)c3ccc4sc5ccc6ccccc6c5c4c3)cc2)cc1. The van der Waals surface area contributed by atoms with Crippen molar-refractivity contribution >= 4 is 90.9 Å². The average Bonchev–Trinajstić information content (AvgIpc) is 3.74. The Balaban J connectivity index is 1.17. The summed E-state index contributed by atoms with van der Waals surface area (Å²) in [6.07, 6.45) is 0. The van der Waals surface area contributed by atoms with Crippen LogP contribution in [-0.2, 0) is 0 Å². The zero-order valence-electron chi connectivity index (χ0n) is 26.5. The maximum Gasteiger partial charge on any atom is 0.0468 e. The van der Waals surface area contributed by atoms with E-state index in [4.69, 9.17) is 0 Å². The van der Waals surface area contributed by atoms with Crippen LogP contribution in [0.2, 0.25) is 0 Å². The molecule has 0 N–H and O–H groups in total. The molecule has 3 heteroatoms. The van der Waals surface area contributed by atoms with Gasteiger partial charge in [0.2, 0.25) is 0 Å². The molecule has 0 saturated heterocycles. The highest BCUT2D eigenvalue weighted by atomic mass is 32.1. The summed E-state index contributed by atoms with van der Waals surface area (Å²) in [6.45, 7) is 0. The molecule has 0 amide bonds. The molecule has 0 saturated carbocycles. The quantitative estimate of drug-likeness (QED) is 0.178. The molecule has 0 radical (unpaired) electrons. The summed E-state index contributed by atoms with van der Waals surface area (Å²) in [5.74, 6) is 0. The summed E-state index contributed by atoms with van der Waals surface area (Å²) in [6, 6.07) is 64.4. The van der Waals surface area contributed by atoms with Gasteiger partial charge in [-0.3, -0.25) is 0 Å². The van der Waals surface area contributed by atoms with Crippen LogP contribution in [0.3, 0.4) is 0 Å². The molecule has 8 aromatic carbocycles. The third-order valence-electron chi connectivity index (χ3n) is 9.65. The lowest BCUT2D eigenvalue weighted by molar-refractivity contribution is 1.29. The molecule has 2 aromatic heterocycles. The van der Waals surface area contributed by atoms with Crippen molar-refractivity contribution in [3.8, 4) is 22.3 Å². The van der Waals surface area contributed by atoms with Gasteiger partial charge in [0.25, 0.3) is 0 Å². The van der Waals surface area contributed by atoms with Crippen molar-refractivity contribution in [3.05, 3.63) is 176 Å². The van der Waals surface area contributed by atoms with Crippen LogP contribution in [0.4, 0.5) is 17.1 Å². The van der Waals surface area contributed by atoms with Gasteiger partial charge in [-0.2, -0.15) is 0 Å². The zero-order valence-corrected chi connectivity index (χ0v) is 28.1. The van der Waals surface area contributed by atoms with E-state index in [1.165, 1.54) is 73.4 Å². The van der Waals surface area contributed by atoms with Gasteiger partial charge in [-0.05, 0) is 87.6 Å². The largest absolute Gasteiger partial charge is 0.310 e. The second-order valence-corrected chi connectivity index (χ2v) is 14.7. The average molecular weight is 660 g/mol. The summed E-state index contributed by atoms with van der Waals surface area (Å²) in [4.78, 5) is 2.41. The van der Waals surface area contributed by atoms with Crippen molar-refractivity contribution in [2.45, 2.75) is 0 Å². The predicted octanol–water partition coefficient (Wildman–Crippen LogP) is 14.4. The van der Waals surface area contributed by atoms with Crippen LogP contribution < -0.4 is 4.90 Å². The first-order valence-corrected chi connectivity index (χ1v) is 18.2. The molecule has 10 aromatic rings. The number of thiophene rings is 2. The van der Waals surface area contributed by atoms with Crippen molar-refractivity contribution in [1.82, 2.24) is 0 Å². The molecule has 2 heterocycles. The van der Waals surface area contributed by atoms with Crippen LogP contribution in [-0.4, -0.2) is 0 Å². The van der Waals surface area contributed by atoms with Crippen LogP contribution in [0.15, 0.2) is 176 Å². The minimum atomic E-state index is 1.13. The highest BCUT2D eigenvalue weighted by Crippen LogP contribution is 2.45. The number of fused-ring (bicyclic) bond motifs is 8. The van der Waals surface area contributed by atoms with E-state index in [9.17, 15) is 0 Å². The smallest absolute Gasteiger partial charge is 0.0468 e. The Morgan fingerprint density at radius 1 is 0.347 bits per heavy atom. The summed E-state index contributed by atoms with van der Waals surface area (Å²) in [5.41, 5.74) is 8.31. The Kier molecular flexibility index (Phi) is 6.61. The number of rotatable bonds is 5. The second-order valence-electron chi connectivity index (χ2n) is 12.5. The number of anilines is 3. The Morgan fingerprint density at radius 2 is 1.00 bits per heavy atom. The summed E-state index contributed by atoms with van der Waals surface area (Å²) in [7, 11) is 0. The molecule has 49 heavy (non-hydrogen) atoms. The first-order valence-electron chi connectivity index (χ1n) is 16.6. The van der Waals surface area contributed by atoms with Gasteiger partial charge in [-0.1, -0.05) is 121 Å². The van der Waals surface area contributed by atoms with Crippen LogP contribution in [0.5, 0.6) is 0 Å². The number of hydrogen-bond donors (Lipinski definition) is 0. The summed E-state index contributed by atoms with van der Waals surface area (Å²) in [5, 5.41) is 7.86. The first-order chi connectivity index (χ1) is 24.3. The first kappa shape index (κ1) is 28.3. The zero-order chi connectivity index (χ0) is 32.3. The van der Waals surface area contributed by atoms with Crippen LogP contribution in [0, 0.1) is 0 Å². The second kappa shape index (κ2) is 11.5. The molecular formula is C46H29NS2. The fourth-order valence-electron chi connectivity index (χ4n) is 7.34. The molecule has 0 aliphatic carbocycles. The minimum absolute atomic E-state index is 1.13. The summed E-state index contributed by atoms with van der Waals surface area (Å²) < 4.78 is 5.28. The third-order valence-corrected chi connectivity index (χ3v) is 12.0. The molecule has 1 nitrogen and oxygen atoms in total. The van der Waals surface area contributed by atoms with E-state index in [1.807, 2.05) is 22.7 Å². The van der Waals surface area contributed by atoms with Gasteiger partial charge in [-0.15, -0.1) is 22.7 Å². The predicted molar refractivity (Wildman–Crippen MR) is 215 cm³/mol.